The Bertz CT molecular complexity index is 981. The topological polar surface area (TPSA) is 90.0 Å². The van der Waals surface area contributed by atoms with E-state index in [2.05, 4.69) is 20.6 Å². The first-order chi connectivity index (χ1) is 15.0. The number of nitrogens with zero attached hydrogens (tertiary/aromatic N) is 1. The van der Waals surface area contributed by atoms with Crippen LogP contribution in [0.2, 0.25) is 0 Å². The number of urea groups is 1. The second-order valence-electron chi connectivity index (χ2n) is 8.06. The van der Waals surface area contributed by atoms with Gasteiger partial charge in [-0.05, 0) is 49.8 Å². The number of nitrogens with one attached hydrogen (secondary N) is 3. The van der Waals surface area contributed by atoms with Gasteiger partial charge >= 0.3 is 6.03 Å². The van der Waals surface area contributed by atoms with Gasteiger partial charge in [-0.3, -0.25) is 0 Å². The van der Waals surface area contributed by atoms with Crippen molar-refractivity contribution in [3.05, 3.63) is 65.5 Å². The zero-order chi connectivity index (χ0) is 21.8. The van der Waals surface area contributed by atoms with E-state index in [0.717, 1.165) is 29.4 Å². The molecule has 1 aromatic heterocycles. The number of aromatic nitrogens is 2. The van der Waals surface area contributed by atoms with E-state index in [9.17, 15) is 18.7 Å². The van der Waals surface area contributed by atoms with E-state index in [-0.39, 0.29) is 23.7 Å². The highest BCUT2D eigenvalue weighted by molar-refractivity contribution is 5.76. The molecule has 2 aromatic carbocycles. The third kappa shape index (κ3) is 5.38. The SMILES string of the molecule is O=C(N[C@H](Cc1ccc(C(F)F)cc1)c1nc2ccccc2[nH]1)N[C@H]1CC[C@H](O)CC1. The van der Waals surface area contributed by atoms with Crippen molar-refractivity contribution in [1.82, 2.24) is 20.6 Å². The number of amides is 2. The quantitative estimate of drug-likeness (QED) is 0.470. The number of carbonyl (C=O) groups is 1. The number of para-hydroxylation sites is 2. The average Bonchev–Trinajstić information content (AvgIpc) is 3.19. The molecule has 8 heteroatoms. The summed E-state index contributed by atoms with van der Waals surface area (Å²) < 4.78 is 25.7. The van der Waals surface area contributed by atoms with Crippen molar-refractivity contribution in [2.45, 2.75) is 56.7 Å². The number of imidazole rings is 1. The third-order valence-corrected chi connectivity index (χ3v) is 5.75. The molecule has 4 N–H and O–H groups in total. The van der Waals surface area contributed by atoms with E-state index >= 15 is 0 Å². The number of hydrogen-bond acceptors (Lipinski definition) is 3. The maximum absolute atomic E-state index is 12.9. The van der Waals surface area contributed by atoms with Crippen molar-refractivity contribution in [2.24, 2.45) is 0 Å². The van der Waals surface area contributed by atoms with E-state index in [1.54, 1.807) is 12.1 Å². The fraction of sp³-hybridized carbons (Fsp3) is 0.391. The molecule has 0 aliphatic heterocycles. The summed E-state index contributed by atoms with van der Waals surface area (Å²) >= 11 is 0. The molecule has 1 atom stereocenters. The van der Waals surface area contributed by atoms with Crippen LogP contribution in [0.5, 0.6) is 0 Å². The highest BCUT2D eigenvalue weighted by Gasteiger charge is 2.24. The molecule has 1 aliphatic rings. The van der Waals surface area contributed by atoms with Gasteiger partial charge in [-0.2, -0.15) is 0 Å². The number of aliphatic hydroxyl groups excluding tert-OH is 1. The van der Waals surface area contributed by atoms with Crippen LogP contribution >= 0.6 is 0 Å². The molecule has 0 radical (unpaired) electrons. The van der Waals surface area contributed by atoms with Crippen LogP contribution in [-0.2, 0) is 6.42 Å². The number of aliphatic hydroxyl groups is 1. The number of H-pyrrole nitrogens is 1. The predicted octanol–water partition coefficient (Wildman–Crippen LogP) is 4.39. The number of halogens is 2. The molecular formula is C23H26F2N4O2. The van der Waals surface area contributed by atoms with Gasteiger partial charge in [-0.15, -0.1) is 0 Å². The van der Waals surface area contributed by atoms with Gasteiger partial charge in [-0.1, -0.05) is 36.4 Å². The summed E-state index contributed by atoms with van der Waals surface area (Å²) in [4.78, 5) is 20.6. The number of carbonyl (C=O) groups excluding carboxylic acids is 1. The first kappa shape index (κ1) is 21.2. The van der Waals surface area contributed by atoms with Crippen molar-refractivity contribution in [1.29, 1.82) is 0 Å². The molecule has 1 aliphatic carbocycles. The summed E-state index contributed by atoms with van der Waals surface area (Å²) in [5.41, 5.74) is 2.43. The molecule has 164 valence electrons. The third-order valence-electron chi connectivity index (χ3n) is 5.75. The Morgan fingerprint density at radius 2 is 1.81 bits per heavy atom. The summed E-state index contributed by atoms with van der Waals surface area (Å²) in [6.07, 6.45) is 0.416. The molecule has 1 fully saturated rings. The van der Waals surface area contributed by atoms with Crippen LogP contribution in [0.15, 0.2) is 48.5 Å². The molecule has 1 heterocycles. The second kappa shape index (κ2) is 9.43. The molecule has 0 spiro atoms. The monoisotopic (exact) mass is 428 g/mol. The van der Waals surface area contributed by atoms with Gasteiger partial charge in [0.15, 0.2) is 0 Å². The Morgan fingerprint density at radius 1 is 1.10 bits per heavy atom. The van der Waals surface area contributed by atoms with Gasteiger partial charge in [0.1, 0.15) is 5.82 Å². The number of aromatic amines is 1. The van der Waals surface area contributed by atoms with Gasteiger partial charge in [0.05, 0.1) is 23.2 Å². The fourth-order valence-corrected chi connectivity index (χ4v) is 3.99. The lowest BCUT2D eigenvalue weighted by atomic mass is 9.93. The normalized spacial score (nSPS) is 20.0. The van der Waals surface area contributed by atoms with Gasteiger partial charge in [0.2, 0.25) is 0 Å². The molecule has 31 heavy (non-hydrogen) atoms. The van der Waals surface area contributed by atoms with Crippen molar-refractivity contribution in [2.75, 3.05) is 0 Å². The minimum absolute atomic E-state index is 0.0186. The van der Waals surface area contributed by atoms with E-state index in [4.69, 9.17) is 0 Å². The number of benzene rings is 2. The summed E-state index contributed by atoms with van der Waals surface area (Å²) in [5, 5.41) is 15.6. The average molecular weight is 428 g/mol. The zero-order valence-electron chi connectivity index (χ0n) is 17.0. The Balaban J connectivity index is 1.51. The van der Waals surface area contributed by atoms with Crippen LogP contribution in [-0.4, -0.2) is 33.3 Å². The summed E-state index contributed by atoms with van der Waals surface area (Å²) in [7, 11) is 0. The smallest absolute Gasteiger partial charge is 0.315 e. The van der Waals surface area contributed by atoms with Crippen LogP contribution in [0.25, 0.3) is 11.0 Å². The molecule has 0 bridgehead atoms. The van der Waals surface area contributed by atoms with E-state index in [1.807, 2.05) is 24.3 Å². The number of alkyl halides is 2. The maximum Gasteiger partial charge on any atom is 0.315 e. The van der Waals surface area contributed by atoms with Crippen molar-refractivity contribution >= 4 is 17.1 Å². The Kier molecular flexibility index (Phi) is 6.46. The lowest BCUT2D eigenvalue weighted by molar-refractivity contribution is 0.117. The van der Waals surface area contributed by atoms with Crippen molar-refractivity contribution in [3.8, 4) is 0 Å². The van der Waals surface area contributed by atoms with Crippen LogP contribution in [0.4, 0.5) is 13.6 Å². The Hall–Kier alpha value is -3.00. The maximum atomic E-state index is 12.9. The summed E-state index contributed by atoms with van der Waals surface area (Å²) in [6.45, 7) is 0. The molecule has 1 saturated carbocycles. The van der Waals surface area contributed by atoms with Gasteiger partial charge in [0, 0.05) is 11.6 Å². The number of fused-ring (bicyclic) bond motifs is 1. The van der Waals surface area contributed by atoms with Gasteiger partial charge in [0.25, 0.3) is 6.43 Å². The minimum Gasteiger partial charge on any atom is -0.393 e. The van der Waals surface area contributed by atoms with Gasteiger partial charge in [-0.25, -0.2) is 18.6 Å². The number of hydrogen-bond donors (Lipinski definition) is 4. The van der Waals surface area contributed by atoms with Crippen LogP contribution in [0, 0.1) is 0 Å². The second-order valence-corrected chi connectivity index (χ2v) is 8.06. The summed E-state index contributed by atoms with van der Waals surface area (Å²) in [6, 6.07) is 13.0. The molecule has 3 aromatic rings. The highest BCUT2D eigenvalue weighted by atomic mass is 19.3. The first-order valence-corrected chi connectivity index (χ1v) is 10.5. The molecule has 0 unspecified atom stereocenters. The lowest BCUT2D eigenvalue weighted by Crippen LogP contribution is -2.45. The number of rotatable bonds is 6. The van der Waals surface area contributed by atoms with Crippen LogP contribution < -0.4 is 10.6 Å². The Morgan fingerprint density at radius 3 is 2.48 bits per heavy atom. The molecular weight excluding hydrogens is 402 g/mol. The molecule has 0 saturated heterocycles. The Labute approximate surface area is 179 Å². The highest BCUT2D eigenvalue weighted by Crippen LogP contribution is 2.23. The molecule has 2 amide bonds. The standard InChI is InChI=1S/C23H26F2N4O2/c24-21(25)15-7-5-14(6-8-15)13-20(22-27-18-3-1-2-4-19(18)28-22)29-23(31)26-16-9-11-17(30)12-10-16/h1-8,16-17,20-21,30H,9-13H2,(H,27,28)(H2,26,29,31)/t16-,17-,20-/m1/s1. The van der Waals surface area contributed by atoms with E-state index < -0.39 is 12.5 Å². The minimum atomic E-state index is -2.52. The first-order valence-electron chi connectivity index (χ1n) is 10.5. The van der Waals surface area contributed by atoms with Crippen LogP contribution in [0.1, 0.15) is 55.1 Å². The van der Waals surface area contributed by atoms with Crippen molar-refractivity contribution < 1.29 is 18.7 Å². The molecule has 6 nitrogen and oxygen atoms in total. The van der Waals surface area contributed by atoms with Gasteiger partial charge < -0.3 is 20.7 Å². The summed E-state index contributed by atoms with van der Waals surface area (Å²) in [5.74, 6) is 0.605. The molecule has 4 rings (SSSR count). The van der Waals surface area contributed by atoms with Crippen molar-refractivity contribution in [3.63, 3.8) is 0 Å². The van der Waals surface area contributed by atoms with E-state index in [1.165, 1.54) is 12.1 Å². The van der Waals surface area contributed by atoms with E-state index in [0.29, 0.717) is 25.1 Å². The zero-order valence-corrected chi connectivity index (χ0v) is 17.0. The van der Waals surface area contributed by atoms with Crippen LogP contribution in [0.3, 0.4) is 0 Å². The lowest BCUT2D eigenvalue weighted by Gasteiger charge is -2.27. The largest absolute Gasteiger partial charge is 0.393 e. The predicted molar refractivity (Wildman–Crippen MR) is 114 cm³/mol. The fourth-order valence-electron chi connectivity index (χ4n) is 3.99.